The summed E-state index contributed by atoms with van der Waals surface area (Å²) in [6.07, 6.45) is 1.90. The van der Waals surface area contributed by atoms with Gasteiger partial charge in [-0.25, -0.2) is 0 Å². The molecule has 1 N–H and O–H groups in total. The highest BCUT2D eigenvalue weighted by Crippen LogP contribution is 2.24. The Balaban J connectivity index is 3.06. The van der Waals surface area contributed by atoms with Gasteiger partial charge in [0.1, 0.15) is 18.3 Å². The molecule has 0 fully saturated rings. The van der Waals surface area contributed by atoms with Gasteiger partial charge in [-0.3, -0.25) is 4.79 Å². The van der Waals surface area contributed by atoms with Gasteiger partial charge in [-0.2, -0.15) is 0 Å². The number of phenols is 1. The molecule has 1 aromatic rings. The molecule has 0 aliphatic heterocycles. The quantitative estimate of drug-likeness (QED) is 0.741. The number of carbonyl (C=O) groups is 2. The Morgan fingerprint density at radius 2 is 2.14 bits per heavy atom. The van der Waals surface area contributed by atoms with E-state index in [1.807, 2.05) is 6.92 Å². The minimum Gasteiger partial charge on any atom is -0.508 e. The van der Waals surface area contributed by atoms with Gasteiger partial charge in [0.25, 0.3) is 0 Å². The Morgan fingerprint density at radius 1 is 1.43 bits per heavy atom. The van der Waals surface area contributed by atoms with Crippen LogP contribution < -0.4 is 0 Å². The fourth-order valence-electron chi connectivity index (χ4n) is 1.38. The first-order valence-electron chi connectivity index (χ1n) is 4.40. The number of phenolic OH excluding ortho intramolecular Hbond substituents is 1. The molecule has 74 valence electrons. The summed E-state index contributed by atoms with van der Waals surface area (Å²) in [4.78, 5) is 21.0. The molecule has 0 saturated heterocycles. The second kappa shape index (κ2) is 4.56. The summed E-state index contributed by atoms with van der Waals surface area (Å²) in [6, 6.07) is 4.60. The summed E-state index contributed by atoms with van der Waals surface area (Å²) < 4.78 is 0. The van der Waals surface area contributed by atoms with Crippen LogP contribution in [0, 0.1) is 0 Å². The smallest absolute Gasteiger partial charge is 0.150 e. The van der Waals surface area contributed by atoms with E-state index in [1.165, 1.54) is 12.1 Å². The highest BCUT2D eigenvalue weighted by Gasteiger charge is 2.10. The van der Waals surface area contributed by atoms with E-state index in [9.17, 15) is 9.59 Å². The molecule has 0 heterocycles. The van der Waals surface area contributed by atoms with Gasteiger partial charge in [-0.05, 0) is 23.6 Å². The number of rotatable bonds is 4. The van der Waals surface area contributed by atoms with Gasteiger partial charge >= 0.3 is 0 Å². The molecular formula is C11H12O3. The first-order chi connectivity index (χ1) is 6.69. The Labute approximate surface area is 82.4 Å². The topological polar surface area (TPSA) is 54.4 Å². The van der Waals surface area contributed by atoms with Gasteiger partial charge in [-0.15, -0.1) is 0 Å². The maximum atomic E-state index is 10.7. The number of carbonyl (C=O) groups excluding carboxylic acids is 2. The normalized spacial score (nSPS) is 12.1. The Bertz CT molecular complexity index is 344. The molecule has 0 aromatic heterocycles. The largest absolute Gasteiger partial charge is 0.508 e. The van der Waals surface area contributed by atoms with E-state index in [4.69, 9.17) is 5.11 Å². The zero-order valence-electron chi connectivity index (χ0n) is 7.93. The molecule has 0 saturated carbocycles. The van der Waals surface area contributed by atoms with Crippen LogP contribution in [0.2, 0.25) is 0 Å². The molecule has 0 aliphatic carbocycles. The van der Waals surface area contributed by atoms with Crippen LogP contribution in [0.15, 0.2) is 18.2 Å². The van der Waals surface area contributed by atoms with Crippen molar-refractivity contribution >= 4 is 12.6 Å². The fraction of sp³-hybridized carbons (Fsp3) is 0.273. The van der Waals surface area contributed by atoms with Crippen LogP contribution in [-0.2, 0) is 4.79 Å². The lowest BCUT2D eigenvalue weighted by Crippen LogP contribution is -1.99. The number of aromatic hydroxyl groups is 1. The van der Waals surface area contributed by atoms with Crippen LogP contribution >= 0.6 is 0 Å². The van der Waals surface area contributed by atoms with Crippen LogP contribution in [0.25, 0.3) is 0 Å². The SMILES string of the molecule is CC(CC=O)c1ccc(O)cc1C=O. The fourth-order valence-corrected chi connectivity index (χ4v) is 1.38. The number of benzene rings is 1. The van der Waals surface area contributed by atoms with Gasteiger partial charge in [0.15, 0.2) is 0 Å². The molecule has 0 aliphatic rings. The van der Waals surface area contributed by atoms with Crippen LogP contribution in [0.5, 0.6) is 5.75 Å². The van der Waals surface area contributed by atoms with Crippen molar-refractivity contribution in [1.29, 1.82) is 0 Å². The van der Waals surface area contributed by atoms with E-state index in [2.05, 4.69) is 0 Å². The highest BCUT2D eigenvalue weighted by molar-refractivity contribution is 5.78. The van der Waals surface area contributed by atoms with E-state index in [-0.39, 0.29) is 11.7 Å². The standard InChI is InChI=1S/C11H12O3/c1-8(4-5-12)11-3-2-10(14)6-9(11)7-13/h2-3,5-8,14H,4H2,1H3. The Morgan fingerprint density at radius 3 is 2.71 bits per heavy atom. The summed E-state index contributed by atoms with van der Waals surface area (Å²) in [6.45, 7) is 1.87. The molecule has 1 rings (SSSR count). The summed E-state index contributed by atoms with van der Waals surface area (Å²) in [5.74, 6) is 0.0717. The van der Waals surface area contributed by atoms with Crippen LogP contribution in [0.4, 0.5) is 0 Å². The van der Waals surface area contributed by atoms with Crippen molar-refractivity contribution in [3.8, 4) is 5.75 Å². The van der Waals surface area contributed by atoms with Gasteiger partial charge in [0.2, 0.25) is 0 Å². The predicted molar refractivity (Wildman–Crippen MR) is 52.6 cm³/mol. The molecule has 0 amide bonds. The second-order valence-electron chi connectivity index (χ2n) is 3.23. The van der Waals surface area contributed by atoms with E-state index in [0.29, 0.717) is 18.3 Å². The van der Waals surface area contributed by atoms with E-state index >= 15 is 0 Å². The van der Waals surface area contributed by atoms with E-state index in [1.54, 1.807) is 6.07 Å². The minimum atomic E-state index is 0.00769. The molecule has 1 atom stereocenters. The Kier molecular flexibility index (Phi) is 3.40. The number of hydrogen-bond donors (Lipinski definition) is 1. The maximum absolute atomic E-state index is 10.7. The Hall–Kier alpha value is -1.64. The zero-order chi connectivity index (χ0) is 10.6. The van der Waals surface area contributed by atoms with Gasteiger partial charge in [0, 0.05) is 12.0 Å². The lowest BCUT2D eigenvalue weighted by atomic mass is 9.94. The average Bonchev–Trinajstić information content (AvgIpc) is 2.17. The molecule has 3 nitrogen and oxygen atoms in total. The molecule has 3 heteroatoms. The van der Waals surface area contributed by atoms with Gasteiger partial charge < -0.3 is 9.90 Å². The molecule has 0 radical (unpaired) electrons. The van der Waals surface area contributed by atoms with Crippen molar-refractivity contribution in [2.45, 2.75) is 19.3 Å². The molecule has 1 unspecified atom stereocenters. The summed E-state index contributed by atoms with van der Waals surface area (Å²) in [7, 11) is 0. The van der Waals surface area contributed by atoms with Crippen molar-refractivity contribution in [1.82, 2.24) is 0 Å². The molecular weight excluding hydrogens is 180 g/mol. The number of hydrogen-bond acceptors (Lipinski definition) is 3. The van der Waals surface area contributed by atoms with E-state index in [0.717, 1.165) is 11.8 Å². The van der Waals surface area contributed by atoms with Crippen molar-refractivity contribution < 1.29 is 14.7 Å². The zero-order valence-corrected chi connectivity index (χ0v) is 7.93. The van der Waals surface area contributed by atoms with E-state index < -0.39 is 0 Å². The molecule has 0 spiro atoms. The average molecular weight is 192 g/mol. The third-order valence-corrected chi connectivity index (χ3v) is 2.18. The summed E-state index contributed by atoms with van der Waals surface area (Å²) in [5.41, 5.74) is 1.24. The lowest BCUT2D eigenvalue weighted by Gasteiger charge is -2.10. The lowest BCUT2D eigenvalue weighted by molar-refractivity contribution is -0.108. The molecule has 1 aromatic carbocycles. The third kappa shape index (κ3) is 2.19. The highest BCUT2D eigenvalue weighted by atomic mass is 16.3. The summed E-state index contributed by atoms with van der Waals surface area (Å²) >= 11 is 0. The van der Waals surface area contributed by atoms with Crippen molar-refractivity contribution in [2.75, 3.05) is 0 Å². The van der Waals surface area contributed by atoms with Crippen LogP contribution in [-0.4, -0.2) is 17.7 Å². The summed E-state index contributed by atoms with van der Waals surface area (Å²) in [5, 5.41) is 9.15. The number of aldehydes is 2. The second-order valence-corrected chi connectivity index (χ2v) is 3.23. The van der Waals surface area contributed by atoms with Crippen LogP contribution in [0.1, 0.15) is 35.2 Å². The monoisotopic (exact) mass is 192 g/mol. The van der Waals surface area contributed by atoms with Crippen molar-refractivity contribution in [2.24, 2.45) is 0 Å². The van der Waals surface area contributed by atoms with Gasteiger partial charge in [-0.1, -0.05) is 13.0 Å². The van der Waals surface area contributed by atoms with Crippen molar-refractivity contribution in [3.63, 3.8) is 0 Å². The van der Waals surface area contributed by atoms with Crippen LogP contribution in [0.3, 0.4) is 0 Å². The maximum Gasteiger partial charge on any atom is 0.150 e. The van der Waals surface area contributed by atoms with Gasteiger partial charge in [0.05, 0.1) is 0 Å². The third-order valence-electron chi connectivity index (χ3n) is 2.18. The minimum absolute atomic E-state index is 0.00769. The molecule has 14 heavy (non-hydrogen) atoms. The first-order valence-corrected chi connectivity index (χ1v) is 4.40. The predicted octanol–water partition coefficient (Wildman–Crippen LogP) is 1.90. The molecule has 0 bridgehead atoms. The van der Waals surface area contributed by atoms with Crippen molar-refractivity contribution in [3.05, 3.63) is 29.3 Å². The first kappa shape index (κ1) is 10.4.